The van der Waals surface area contributed by atoms with Crippen LogP contribution in [-0.4, -0.2) is 39.9 Å². The van der Waals surface area contributed by atoms with Gasteiger partial charge in [0.1, 0.15) is 5.82 Å². The summed E-state index contributed by atoms with van der Waals surface area (Å²) in [6.07, 6.45) is 0.584. The van der Waals surface area contributed by atoms with E-state index in [-0.39, 0.29) is 29.9 Å². The normalized spacial score (nSPS) is 23.1. The number of nitrogens with zero attached hydrogens (tertiary/aromatic N) is 3. The molecule has 1 aliphatic carbocycles. The van der Waals surface area contributed by atoms with Crippen LogP contribution in [0.1, 0.15) is 66.0 Å². The van der Waals surface area contributed by atoms with Gasteiger partial charge in [0, 0.05) is 30.5 Å². The first-order chi connectivity index (χ1) is 13.3. The lowest BCUT2D eigenvalue weighted by atomic mass is 9.94. The molecule has 5 nitrogen and oxygen atoms in total. The van der Waals surface area contributed by atoms with Gasteiger partial charge in [0.25, 0.3) is 5.91 Å². The number of hydrogen-bond acceptors (Lipinski definition) is 4. The van der Waals surface area contributed by atoms with Gasteiger partial charge in [-0.1, -0.05) is 25.3 Å². The molecule has 0 radical (unpaired) electrons. The van der Waals surface area contributed by atoms with Gasteiger partial charge in [-0.15, -0.1) is 11.3 Å². The summed E-state index contributed by atoms with van der Waals surface area (Å²) in [6, 6.07) is 3.03. The van der Waals surface area contributed by atoms with Crippen molar-refractivity contribution >= 4 is 23.1 Å². The Labute approximate surface area is 165 Å². The third-order valence-corrected chi connectivity index (χ3v) is 6.72. The number of alkyl halides is 3. The molecule has 0 saturated heterocycles. The van der Waals surface area contributed by atoms with Crippen molar-refractivity contribution in [3.8, 4) is 0 Å². The molecule has 3 heterocycles. The number of carbonyl (C=O) groups excluding carboxylic acids is 1. The number of carbonyl (C=O) groups is 1. The van der Waals surface area contributed by atoms with E-state index in [0.29, 0.717) is 0 Å². The van der Waals surface area contributed by atoms with E-state index in [1.54, 1.807) is 11.9 Å². The molecular formula is C19H23F3N4OS. The molecule has 9 heteroatoms. The van der Waals surface area contributed by atoms with Crippen LogP contribution in [0, 0.1) is 0 Å². The number of anilines is 1. The van der Waals surface area contributed by atoms with Crippen molar-refractivity contribution in [2.45, 2.75) is 62.8 Å². The summed E-state index contributed by atoms with van der Waals surface area (Å²) in [5.41, 5.74) is 0.0663. The van der Waals surface area contributed by atoms with E-state index < -0.39 is 18.3 Å². The first-order valence-corrected chi connectivity index (χ1v) is 10.5. The maximum atomic E-state index is 13.7. The lowest BCUT2D eigenvalue weighted by Crippen LogP contribution is -2.38. The van der Waals surface area contributed by atoms with Crippen molar-refractivity contribution in [3.63, 3.8) is 0 Å². The Bertz CT molecular complexity index is 827. The first kappa shape index (κ1) is 19.3. The lowest BCUT2D eigenvalue weighted by Gasteiger charge is -2.32. The maximum Gasteiger partial charge on any atom is 0.410 e. The van der Waals surface area contributed by atoms with E-state index in [9.17, 15) is 18.0 Å². The van der Waals surface area contributed by atoms with Crippen LogP contribution in [-0.2, 0) is 0 Å². The van der Waals surface area contributed by atoms with E-state index in [2.05, 4.69) is 10.4 Å². The van der Waals surface area contributed by atoms with Crippen molar-refractivity contribution in [1.29, 1.82) is 0 Å². The van der Waals surface area contributed by atoms with Gasteiger partial charge in [-0.05, 0) is 24.3 Å². The molecule has 0 unspecified atom stereocenters. The number of amides is 1. The molecule has 0 bridgehead atoms. The minimum atomic E-state index is -4.44. The molecule has 2 aromatic heterocycles. The van der Waals surface area contributed by atoms with Crippen molar-refractivity contribution in [2.75, 3.05) is 12.4 Å². The van der Waals surface area contributed by atoms with Crippen LogP contribution in [0.4, 0.5) is 19.0 Å². The van der Waals surface area contributed by atoms with Crippen LogP contribution in [0.25, 0.3) is 0 Å². The zero-order valence-corrected chi connectivity index (χ0v) is 16.4. The van der Waals surface area contributed by atoms with Crippen LogP contribution in [0.5, 0.6) is 0 Å². The first-order valence-electron chi connectivity index (χ1n) is 9.58. The van der Waals surface area contributed by atoms with Crippen LogP contribution >= 0.6 is 11.3 Å². The summed E-state index contributed by atoms with van der Waals surface area (Å²) in [4.78, 5) is 15.4. The molecule has 1 N–H and O–H groups in total. The number of halogens is 3. The smallest absolute Gasteiger partial charge is 0.363 e. The fourth-order valence-corrected chi connectivity index (χ4v) is 4.96. The van der Waals surface area contributed by atoms with Gasteiger partial charge >= 0.3 is 6.18 Å². The largest absolute Gasteiger partial charge is 0.410 e. The molecule has 2 aliphatic rings. The summed E-state index contributed by atoms with van der Waals surface area (Å²) >= 11 is 1.42. The summed E-state index contributed by atoms with van der Waals surface area (Å²) in [6.45, 7) is 0. The van der Waals surface area contributed by atoms with Crippen LogP contribution in [0.15, 0.2) is 23.6 Å². The maximum absolute atomic E-state index is 13.7. The average Bonchev–Trinajstić information content (AvgIpc) is 3.35. The lowest BCUT2D eigenvalue weighted by molar-refractivity contribution is -0.173. The Hall–Kier alpha value is -2.03. The SMILES string of the molecule is CN(C(=O)c1cc2n(n1)[C@@H](C(F)(F)F)C[C@@H](c1cccs1)N2)C1CCCCC1. The highest BCUT2D eigenvalue weighted by Gasteiger charge is 2.47. The molecule has 2 atom stereocenters. The molecule has 0 aromatic carbocycles. The van der Waals surface area contributed by atoms with Crippen molar-refractivity contribution < 1.29 is 18.0 Å². The van der Waals surface area contributed by atoms with Crippen molar-refractivity contribution in [1.82, 2.24) is 14.7 Å². The fourth-order valence-electron chi connectivity index (χ4n) is 4.17. The van der Waals surface area contributed by atoms with Crippen molar-refractivity contribution in [3.05, 3.63) is 34.2 Å². The number of aromatic nitrogens is 2. The molecule has 4 rings (SSSR count). The Kier molecular flexibility index (Phi) is 5.11. The van der Waals surface area contributed by atoms with Gasteiger partial charge in [-0.25, -0.2) is 4.68 Å². The van der Waals surface area contributed by atoms with Crippen molar-refractivity contribution in [2.24, 2.45) is 0 Å². The quantitative estimate of drug-likeness (QED) is 0.771. The topological polar surface area (TPSA) is 50.2 Å². The van der Waals surface area contributed by atoms with Gasteiger partial charge in [0.15, 0.2) is 11.7 Å². The summed E-state index contributed by atoms with van der Waals surface area (Å²) in [5, 5.41) is 9.06. The molecule has 1 amide bonds. The van der Waals surface area contributed by atoms with Crippen LogP contribution < -0.4 is 5.32 Å². The molecule has 28 heavy (non-hydrogen) atoms. The second-order valence-corrected chi connectivity index (χ2v) is 8.55. The molecule has 1 saturated carbocycles. The van der Waals surface area contributed by atoms with Gasteiger partial charge < -0.3 is 10.2 Å². The third kappa shape index (κ3) is 3.64. The predicted octanol–water partition coefficient (Wildman–Crippen LogP) is 5.01. The molecule has 2 aromatic rings. The van der Waals surface area contributed by atoms with E-state index in [1.807, 2.05) is 17.5 Å². The Morgan fingerprint density at radius 2 is 2.07 bits per heavy atom. The number of nitrogens with one attached hydrogen (secondary N) is 1. The van der Waals surface area contributed by atoms with E-state index in [0.717, 1.165) is 35.2 Å². The summed E-state index contributed by atoms with van der Waals surface area (Å²) in [5.74, 6) is -0.0726. The highest BCUT2D eigenvalue weighted by Crippen LogP contribution is 2.44. The summed E-state index contributed by atoms with van der Waals surface area (Å²) < 4.78 is 42.1. The third-order valence-electron chi connectivity index (χ3n) is 5.74. The molecule has 0 spiro atoms. The Morgan fingerprint density at radius 1 is 1.32 bits per heavy atom. The zero-order valence-electron chi connectivity index (χ0n) is 15.6. The van der Waals surface area contributed by atoms with E-state index in [1.165, 1.54) is 23.8 Å². The average molecular weight is 412 g/mol. The van der Waals surface area contributed by atoms with E-state index in [4.69, 9.17) is 0 Å². The van der Waals surface area contributed by atoms with Gasteiger partial charge in [-0.2, -0.15) is 18.3 Å². The van der Waals surface area contributed by atoms with Crippen LogP contribution in [0.2, 0.25) is 0 Å². The molecular weight excluding hydrogens is 389 g/mol. The van der Waals surface area contributed by atoms with E-state index >= 15 is 0 Å². The van der Waals surface area contributed by atoms with Gasteiger partial charge in [-0.3, -0.25) is 4.79 Å². The fraction of sp³-hybridized carbons (Fsp3) is 0.579. The number of rotatable bonds is 3. The Morgan fingerprint density at radius 3 is 2.71 bits per heavy atom. The standard InChI is InChI=1S/C19H23F3N4OS/c1-25(12-6-3-2-4-7-12)18(27)14-11-17-23-13(15-8-5-9-28-15)10-16(19(20,21)22)26(17)24-14/h5,8-9,11-13,16,23H,2-4,6-7,10H2,1H3/t13-,16+/m0/s1. The highest BCUT2D eigenvalue weighted by atomic mass is 32.1. The zero-order chi connectivity index (χ0) is 19.9. The Balaban J connectivity index is 1.62. The molecule has 1 aliphatic heterocycles. The molecule has 152 valence electrons. The van der Waals surface area contributed by atoms with Gasteiger partial charge in [0.05, 0.1) is 6.04 Å². The highest BCUT2D eigenvalue weighted by molar-refractivity contribution is 7.10. The predicted molar refractivity (Wildman–Crippen MR) is 102 cm³/mol. The minimum absolute atomic E-state index is 0.0663. The minimum Gasteiger partial charge on any atom is -0.363 e. The monoisotopic (exact) mass is 412 g/mol. The summed E-state index contributed by atoms with van der Waals surface area (Å²) in [7, 11) is 1.72. The number of thiophene rings is 1. The number of fused-ring (bicyclic) bond motifs is 1. The second kappa shape index (κ2) is 7.42. The van der Waals surface area contributed by atoms with Gasteiger partial charge in [0.2, 0.25) is 0 Å². The molecule has 1 fully saturated rings. The van der Waals surface area contributed by atoms with Crippen LogP contribution in [0.3, 0.4) is 0 Å². The number of hydrogen-bond donors (Lipinski definition) is 1. The second-order valence-electron chi connectivity index (χ2n) is 7.57.